The highest BCUT2D eigenvalue weighted by molar-refractivity contribution is 5.90. The molecule has 2 aromatic rings. The number of carbonyl (C=O) groups is 1. The molecule has 0 atom stereocenters. The van der Waals surface area contributed by atoms with Crippen LogP contribution in [0.5, 0.6) is 5.75 Å². The summed E-state index contributed by atoms with van der Waals surface area (Å²) in [6, 6.07) is 5.88. The molecule has 1 aromatic carbocycles. The minimum absolute atomic E-state index is 0.0367. The van der Waals surface area contributed by atoms with Crippen molar-refractivity contribution in [1.82, 2.24) is 9.97 Å². The van der Waals surface area contributed by atoms with Crippen LogP contribution in [0, 0.1) is 13.8 Å². The fraction of sp³-hybridized carbons (Fsp3) is 0.231. The van der Waals surface area contributed by atoms with Gasteiger partial charge >= 0.3 is 0 Å². The lowest BCUT2D eigenvalue weighted by Gasteiger charge is -2.09. The molecular formula is C13H15N3O2. The first kappa shape index (κ1) is 12.2. The quantitative estimate of drug-likeness (QED) is 0.866. The molecule has 1 amide bonds. The summed E-state index contributed by atoms with van der Waals surface area (Å²) in [6.07, 6.45) is 3.21. The Morgan fingerprint density at radius 2 is 2.28 bits per heavy atom. The van der Waals surface area contributed by atoms with Crippen molar-refractivity contribution >= 4 is 11.9 Å². The molecule has 0 bridgehead atoms. The van der Waals surface area contributed by atoms with Crippen LogP contribution >= 0.6 is 0 Å². The summed E-state index contributed by atoms with van der Waals surface area (Å²) < 4.78 is 5.47. The van der Waals surface area contributed by atoms with E-state index in [1.165, 1.54) is 0 Å². The lowest BCUT2D eigenvalue weighted by atomic mass is 10.1. The second-order valence-electron chi connectivity index (χ2n) is 4.04. The number of carbonyl (C=O) groups excluding carboxylic acids is 1. The number of amides is 1. The van der Waals surface area contributed by atoms with Crippen LogP contribution in [0.3, 0.4) is 0 Å². The number of anilines is 1. The van der Waals surface area contributed by atoms with E-state index in [9.17, 15) is 4.79 Å². The molecule has 0 aliphatic rings. The van der Waals surface area contributed by atoms with Crippen LogP contribution in [0.4, 0.5) is 5.95 Å². The zero-order valence-corrected chi connectivity index (χ0v) is 10.4. The maximum absolute atomic E-state index is 11.6. The number of nitrogens with one attached hydrogen (secondary N) is 2. The molecule has 1 heterocycles. The zero-order valence-electron chi connectivity index (χ0n) is 10.4. The first-order chi connectivity index (χ1) is 8.65. The highest BCUT2D eigenvalue weighted by Crippen LogP contribution is 2.18. The molecule has 0 fully saturated rings. The molecule has 0 saturated heterocycles. The molecule has 18 heavy (non-hydrogen) atoms. The van der Waals surface area contributed by atoms with Gasteiger partial charge in [0.2, 0.25) is 5.95 Å². The lowest BCUT2D eigenvalue weighted by Crippen LogP contribution is -2.21. The Labute approximate surface area is 105 Å². The van der Waals surface area contributed by atoms with Crippen LogP contribution in [0.1, 0.15) is 11.1 Å². The van der Waals surface area contributed by atoms with Crippen LogP contribution in [0.2, 0.25) is 0 Å². The van der Waals surface area contributed by atoms with E-state index in [-0.39, 0.29) is 12.5 Å². The van der Waals surface area contributed by atoms with Gasteiger partial charge in [0.25, 0.3) is 5.91 Å². The normalized spacial score (nSPS) is 10.1. The van der Waals surface area contributed by atoms with Gasteiger partial charge in [0.15, 0.2) is 6.61 Å². The Morgan fingerprint density at radius 1 is 1.44 bits per heavy atom. The van der Waals surface area contributed by atoms with E-state index in [0.29, 0.717) is 5.95 Å². The van der Waals surface area contributed by atoms with E-state index in [0.717, 1.165) is 16.9 Å². The van der Waals surface area contributed by atoms with Gasteiger partial charge in [-0.3, -0.25) is 10.1 Å². The Bertz CT molecular complexity index is 535. The largest absolute Gasteiger partial charge is 0.483 e. The molecule has 0 radical (unpaired) electrons. The zero-order chi connectivity index (χ0) is 13.0. The summed E-state index contributed by atoms with van der Waals surface area (Å²) in [6.45, 7) is 3.89. The van der Waals surface area contributed by atoms with E-state index in [1.54, 1.807) is 12.4 Å². The molecule has 2 rings (SSSR count). The number of ether oxygens (including phenoxy) is 1. The maximum Gasteiger partial charge on any atom is 0.264 e. The third kappa shape index (κ3) is 3.10. The van der Waals surface area contributed by atoms with Gasteiger partial charge in [-0.2, -0.15) is 0 Å². The molecule has 0 unspecified atom stereocenters. The molecule has 0 saturated carbocycles. The fourth-order valence-corrected chi connectivity index (χ4v) is 1.51. The summed E-state index contributed by atoms with van der Waals surface area (Å²) in [4.78, 5) is 18.3. The standard InChI is InChI=1S/C13H15N3O2/c1-9-3-4-10(2)11(7-9)18-8-12(17)16-13-14-5-6-15-13/h3-7H,8H2,1-2H3,(H2,14,15,16,17). The van der Waals surface area contributed by atoms with Gasteiger partial charge in [-0.25, -0.2) is 4.98 Å². The van der Waals surface area contributed by atoms with Crippen molar-refractivity contribution in [3.8, 4) is 5.75 Å². The maximum atomic E-state index is 11.6. The van der Waals surface area contributed by atoms with Crippen LogP contribution in [0.25, 0.3) is 0 Å². The average molecular weight is 245 g/mol. The molecule has 94 valence electrons. The van der Waals surface area contributed by atoms with Crippen molar-refractivity contribution in [1.29, 1.82) is 0 Å². The van der Waals surface area contributed by atoms with Gasteiger partial charge in [-0.15, -0.1) is 0 Å². The molecule has 0 spiro atoms. The highest BCUT2D eigenvalue weighted by Gasteiger charge is 2.06. The molecule has 5 heteroatoms. The van der Waals surface area contributed by atoms with Crippen LogP contribution in [-0.4, -0.2) is 22.5 Å². The second-order valence-corrected chi connectivity index (χ2v) is 4.04. The number of nitrogens with zero attached hydrogens (tertiary/aromatic N) is 1. The number of H-pyrrole nitrogens is 1. The minimum atomic E-state index is -0.245. The summed E-state index contributed by atoms with van der Waals surface area (Å²) in [5, 5.41) is 2.60. The number of benzene rings is 1. The Morgan fingerprint density at radius 3 is 3.00 bits per heavy atom. The number of imidazole rings is 1. The molecule has 2 N–H and O–H groups in total. The summed E-state index contributed by atoms with van der Waals surface area (Å²) in [5.41, 5.74) is 2.11. The van der Waals surface area contributed by atoms with Crippen LogP contribution < -0.4 is 10.1 Å². The summed E-state index contributed by atoms with van der Waals surface area (Å²) in [7, 11) is 0. The SMILES string of the molecule is Cc1ccc(C)c(OCC(=O)Nc2ncc[nH]2)c1. The third-order valence-corrected chi connectivity index (χ3v) is 2.46. The van der Waals surface area contributed by atoms with Gasteiger partial charge in [-0.1, -0.05) is 12.1 Å². The molecule has 0 aliphatic carbocycles. The number of hydrogen-bond acceptors (Lipinski definition) is 3. The first-order valence-electron chi connectivity index (χ1n) is 5.64. The fourth-order valence-electron chi connectivity index (χ4n) is 1.51. The van der Waals surface area contributed by atoms with Crippen molar-refractivity contribution in [2.45, 2.75) is 13.8 Å². The Hall–Kier alpha value is -2.30. The predicted octanol–water partition coefficient (Wildman–Crippen LogP) is 2.04. The van der Waals surface area contributed by atoms with Crippen molar-refractivity contribution < 1.29 is 9.53 Å². The second kappa shape index (κ2) is 5.35. The first-order valence-corrected chi connectivity index (χ1v) is 5.64. The lowest BCUT2D eigenvalue weighted by molar-refractivity contribution is -0.118. The smallest absolute Gasteiger partial charge is 0.264 e. The van der Waals surface area contributed by atoms with Crippen LogP contribution in [-0.2, 0) is 4.79 Å². The minimum Gasteiger partial charge on any atom is -0.483 e. The number of rotatable bonds is 4. The Balaban J connectivity index is 1.91. The molecular weight excluding hydrogens is 230 g/mol. The molecule has 5 nitrogen and oxygen atoms in total. The molecule has 0 aliphatic heterocycles. The summed E-state index contributed by atoms with van der Waals surface area (Å²) in [5.74, 6) is 0.903. The van der Waals surface area contributed by atoms with Gasteiger partial charge in [0, 0.05) is 12.4 Å². The van der Waals surface area contributed by atoms with Crippen molar-refractivity contribution in [3.63, 3.8) is 0 Å². The number of aromatic nitrogens is 2. The van der Waals surface area contributed by atoms with E-state index in [4.69, 9.17) is 4.74 Å². The van der Waals surface area contributed by atoms with E-state index < -0.39 is 0 Å². The van der Waals surface area contributed by atoms with Gasteiger partial charge < -0.3 is 9.72 Å². The third-order valence-electron chi connectivity index (χ3n) is 2.46. The van der Waals surface area contributed by atoms with Gasteiger partial charge in [-0.05, 0) is 31.0 Å². The molecule has 1 aromatic heterocycles. The average Bonchev–Trinajstić information content (AvgIpc) is 2.83. The van der Waals surface area contributed by atoms with E-state index >= 15 is 0 Å². The van der Waals surface area contributed by atoms with E-state index in [1.807, 2.05) is 32.0 Å². The van der Waals surface area contributed by atoms with Crippen molar-refractivity contribution in [2.75, 3.05) is 11.9 Å². The Kier molecular flexibility index (Phi) is 3.62. The number of aryl methyl sites for hydroxylation is 2. The monoisotopic (exact) mass is 245 g/mol. The highest BCUT2D eigenvalue weighted by atomic mass is 16.5. The van der Waals surface area contributed by atoms with Crippen LogP contribution in [0.15, 0.2) is 30.6 Å². The summed E-state index contributed by atoms with van der Waals surface area (Å²) >= 11 is 0. The topological polar surface area (TPSA) is 67.0 Å². The van der Waals surface area contributed by atoms with Crippen molar-refractivity contribution in [2.24, 2.45) is 0 Å². The predicted molar refractivity (Wildman–Crippen MR) is 68.6 cm³/mol. The van der Waals surface area contributed by atoms with E-state index in [2.05, 4.69) is 15.3 Å². The number of hydrogen-bond donors (Lipinski definition) is 2. The van der Waals surface area contributed by atoms with Gasteiger partial charge in [0.1, 0.15) is 5.75 Å². The van der Waals surface area contributed by atoms with Crippen molar-refractivity contribution in [3.05, 3.63) is 41.7 Å². The number of aromatic amines is 1. The van der Waals surface area contributed by atoms with Gasteiger partial charge in [0.05, 0.1) is 0 Å².